The van der Waals surface area contributed by atoms with Gasteiger partial charge >= 0.3 is 0 Å². The van der Waals surface area contributed by atoms with E-state index in [4.69, 9.17) is 23.2 Å². The minimum Gasteiger partial charge on any atom is -0.410 e. The number of sulfonamides is 2. The van der Waals surface area contributed by atoms with Crippen molar-refractivity contribution in [1.29, 1.82) is 0 Å². The second-order valence-electron chi connectivity index (χ2n) is 8.09. The van der Waals surface area contributed by atoms with Crippen molar-refractivity contribution >= 4 is 60.3 Å². The molecule has 12 heteroatoms. The van der Waals surface area contributed by atoms with E-state index in [1.54, 1.807) is 36.4 Å². The largest absolute Gasteiger partial charge is 0.410 e. The number of nitrogens with zero attached hydrogens (tertiary/aromatic N) is 1. The second-order valence-corrected chi connectivity index (χ2v) is 12.3. The van der Waals surface area contributed by atoms with Gasteiger partial charge in [0.15, 0.2) is 0 Å². The van der Waals surface area contributed by atoms with E-state index in [0.29, 0.717) is 43.7 Å². The first-order valence-corrected chi connectivity index (χ1v) is 14.4. The normalized spacial score (nSPS) is 12.5. The number of halogens is 2. The van der Waals surface area contributed by atoms with Crippen LogP contribution in [0.3, 0.4) is 0 Å². The predicted molar refractivity (Wildman–Crippen MR) is 144 cm³/mol. The van der Waals surface area contributed by atoms with Crippen molar-refractivity contribution < 1.29 is 22.0 Å². The van der Waals surface area contributed by atoms with Crippen LogP contribution in [0.2, 0.25) is 10.0 Å². The van der Waals surface area contributed by atoms with Gasteiger partial charge in [-0.15, -0.1) is 0 Å². The van der Waals surface area contributed by atoms with E-state index in [2.05, 4.69) is 14.6 Å². The first-order chi connectivity index (χ1) is 17.6. The number of hydrogen-bond donors (Lipinski definition) is 3. The van der Waals surface area contributed by atoms with Crippen LogP contribution in [0.25, 0.3) is 11.1 Å². The Balaban J connectivity index is 1.49. The molecule has 0 saturated heterocycles. The zero-order chi connectivity index (χ0) is 26.4. The number of rotatable bonds is 6. The summed E-state index contributed by atoms with van der Waals surface area (Å²) < 4.78 is 56.9. The number of oxime groups is 1. The van der Waals surface area contributed by atoms with Crippen LogP contribution in [0.5, 0.6) is 0 Å². The van der Waals surface area contributed by atoms with E-state index in [1.807, 2.05) is 0 Å². The monoisotopic (exact) mass is 573 g/mol. The van der Waals surface area contributed by atoms with Crippen molar-refractivity contribution in [2.45, 2.75) is 9.79 Å². The van der Waals surface area contributed by atoms with Crippen LogP contribution in [0, 0.1) is 0 Å². The maximum atomic E-state index is 13.0. The summed E-state index contributed by atoms with van der Waals surface area (Å²) in [5.41, 5.74) is 2.59. The van der Waals surface area contributed by atoms with Gasteiger partial charge in [-0.25, -0.2) is 16.8 Å². The van der Waals surface area contributed by atoms with Gasteiger partial charge in [-0.3, -0.25) is 9.44 Å². The van der Waals surface area contributed by atoms with Crippen molar-refractivity contribution in [2.24, 2.45) is 5.16 Å². The zero-order valence-corrected chi connectivity index (χ0v) is 21.8. The number of nitrogens with one attached hydrogen (secondary N) is 2. The van der Waals surface area contributed by atoms with Crippen LogP contribution in [0.1, 0.15) is 11.1 Å². The molecule has 3 N–H and O–H groups in total. The lowest BCUT2D eigenvalue weighted by molar-refractivity contribution is 0.320. The highest BCUT2D eigenvalue weighted by Crippen LogP contribution is 2.39. The molecule has 0 unspecified atom stereocenters. The Labute approximate surface area is 223 Å². The summed E-state index contributed by atoms with van der Waals surface area (Å²) in [6.07, 6.45) is 0. The topological polar surface area (TPSA) is 125 Å². The van der Waals surface area contributed by atoms with Crippen LogP contribution in [0.15, 0.2) is 99.9 Å². The Kier molecular flexibility index (Phi) is 6.36. The highest BCUT2D eigenvalue weighted by molar-refractivity contribution is 7.93. The predicted octanol–water partition coefficient (Wildman–Crippen LogP) is 5.80. The molecule has 0 aliphatic heterocycles. The third kappa shape index (κ3) is 4.88. The number of hydrogen-bond acceptors (Lipinski definition) is 6. The summed E-state index contributed by atoms with van der Waals surface area (Å²) in [5, 5.41) is 14.1. The van der Waals surface area contributed by atoms with Crippen LogP contribution >= 0.6 is 23.2 Å². The molecule has 0 amide bonds. The molecule has 5 rings (SSSR count). The fraction of sp³-hybridized carbons (Fsp3) is 0. The van der Waals surface area contributed by atoms with Crippen molar-refractivity contribution in [3.8, 4) is 11.1 Å². The third-order valence-corrected chi connectivity index (χ3v) is 8.96. The van der Waals surface area contributed by atoms with Crippen molar-refractivity contribution in [3.05, 3.63) is 106 Å². The van der Waals surface area contributed by atoms with Crippen LogP contribution in [-0.4, -0.2) is 27.8 Å². The first kappa shape index (κ1) is 25.1. The van der Waals surface area contributed by atoms with Gasteiger partial charge in [-0.05, 0) is 83.9 Å². The third-order valence-electron chi connectivity index (χ3n) is 5.70. The Morgan fingerprint density at radius 3 is 1.30 bits per heavy atom. The lowest BCUT2D eigenvalue weighted by Crippen LogP contribution is -2.14. The Hall–Kier alpha value is -3.57. The van der Waals surface area contributed by atoms with Crippen LogP contribution in [-0.2, 0) is 20.0 Å². The Bertz CT molecular complexity index is 1640. The number of anilines is 2. The molecule has 4 aromatic rings. The van der Waals surface area contributed by atoms with Gasteiger partial charge in [0.2, 0.25) is 0 Å². The fourth-order valence-corrected chi connectivity index (χ4v) is 6.38. The molecule has 0 spiro atoms. The molecule has 0 bridgehead atoms. The summed E-state index contributed by atoms with van der Waals surface area (Å²) in [7, 11) is -7.96. The molecular weight excluding hydrogens is 557 g/mol. The zero-order valence-electron chi connectivity index (χ0n) is 18.7. The maximum absolute atomic E-state index is 13.0. The summed E-state index contributed by atoms with van der Waals surface area (Å²) in [6.45, 7) is 0. The summed E-state index contributed by atoms with van der Waals surface area (Å²) >= 11 is 11.7. The standard InChI is InChI=1S/C25H17Cl2N3O5S2/c26-15-1-5-17(6-2-15)29-36(32,33)19-9-11-21-22-12-10-20(14-24(22)25(28-31)23(21)13-19)37(34,35)30-18-7-3-16(27)4-8-18/h1-14,29-31H. The van der Waals surface area contributed by atoms with Gasteiger partial charge in [-0.2, -0.15) is 0 Å². The molecule has 188 valence electrons. The van der Waals surface area contributed by atoms with Crippen molar-refractivity contribution in [3.63, 3.8) is 0 Å². The van der Waals surface area contributed by atoms with Gasteiger partial charge in [-0.1, -0.05) is 40.5 Å². The molecule has 0 radical (unpaired) electrons. The van der Waals surface area contributed by atoms with E-state index in [1.165, 1.54) is 48.5 Å². The van der Waals surface area contributed by atoms with Gasteiger partial charge in [0, 0.05) is 32.5 Å². The minimum atomic E-state index is -3.98. The molecule has 0 atom stereocenters. The minimum absolute atomic E-state index is 0.0529. The van der Waals surface area contributed by atoms with E-state index >= 15 is 0 Å². The van der Waals surface area contributed by atoms with Crippen molar-refractivity contribution in [1.82, 2.24) is 0 Å². The van der Waals surface area contributed by atoms with Gasteiger partial charge in [0.1, 0.15) is 5.71 Å². The van der Waals surface area contributed by atoms with Crippen LogP contribution < -0.4 is 9.44 Å². The molecule has 0 saturated carbocycles. The molecule has 4 aromatic carbocycles. The number of benzene rings is 4. The van der Waals surface area contributed by atoms with Gasteiger partial charge < -0.3 is 5.21 Å². The first-order valence-electron chi connectivity index (χ1n) is 10.7. The van der Waals surface area contributed by atoms with Crippen LogP contribution in [0.4, 0.5) is 11.4 Å². The lowest BCUT2D eigenvalue weighted by atomic mass is 10.1. The molecule has 8 nitrogen and oxygen atoms in total. The number of fused-ring (bicyclic) bond motifs is 3. The second kappa shape index (κ2) is 9.38. The molecule has 0 heterocycles. The van der Waals surface area contributed by atoms with E-state index in [9.17, 15) is 22.0 Å². The molecule has 0 fully saturated rings. The summed E-state index contributed by atoms with van der Waals surface area (Å²) in [6, 6.07) is 21.1. The quantitative estimate of drug-likeness (QED) is 0.175. The van der Waals surface area contributed by atoms with E-state index in [0.717, 1.165) is 0 Å². The summed E-state index contributed by atoms with van der Waals surface area (Å²) in [5.74, 6) is 0. The fourth-order valence-electron chi connectivity index (χ4n) is 3.96. The SMILES string of the molecule is O=S(=O)(Nc1ccc(Cl)cc1)c1ccc2c(c1)C(=NO)c1cc(S(=O)(=O)Nc3ccc(Cl)cc3)ccc1-2. The average Bonchev–Trinajstić information content (AvgIpc) is 3.19. The highest BCUT2D eigenvalue weighted by Gasteiger charge is 2.30. The maximum Gasteiger partial charge on any atom is 0.261 e. The Morgan fingerprint density at radius 1 is 0.568 bits per heavy atom. The average molecular weight is 574 g/mol. The highest BCUT2D eigenvalue weighted by atomic mass is 35.5. The molecule has 37 heavy (non-hydrogen) atoms. The molecule has 0 aromatic heterocycles. The van der Waals surface area contributed by atoms with Crippen molar-refractivity contribution in [2.75, 3.05) is 9.44 Å². The van der Waals surface area contributed by atoms with E-state index < -0.39 is 20.0 Å². The molecular formula is C25H17Cl2N3O5S2. The smallest absolute Gasteiger partial charge is 0.261 e. The summed E-state index contributed by atoms with van der Waals surface area (Å²) in [4.78, 5) is -0.125. The molecule has 1 aliphatic rings. The Morgan fingerprint density at radius 2 is 0.946 bits per heavy atom. The lowest BCUT2D eigenvalue weighted by Gasteiger charge is -2.10. The van der Waals surface area contributed by atoms with Gasteiger partial charge in [0.05, 0.1) is 9.79 Å². The molecule has 1 aliphatic carbocycles. The van der Waals surface area contributed by atoms with Gasteiger partial charge in [0.25, 0.3) is 20.0 Å². The van der Waals surface area contributed by atoms with E-state index in [-0.39, 0.29) is 15.5 Å².